The van der Waals surface area contributed by atoms with Gasteiger partial charge in [0.2, 0.25) is 5.91 Å². The summed E-state index contributed by atoms with van der Waals surface area (Å²) in [6.45, 7) is 3.47. The van der Waals surface area contributed by atoms with Crippen LogP contribution in [0.1, 0.15) is 39.5 Å². The van der Waals surface area contributed by atoms with Crippen LogP contribution in [-0.2, 0) is 38.3 Å². The van der Waals surface area contributed by atoms with Crippen molar-refractivity contribution in [2.24, 2.45) is 0 Å². The molecule has 1 N–H and O–H groups in total. The fourth-order valence-corrected chi connectivity index (χ4v) is 2.53. The van der Waals surface area contributed by atoms with E-state index in [1.807, 2.05) is 0 Å². The lowest BCUT2D eigenvalue weighted by molar-refractivity contribution is -0.198. The lowest BCUT2D eigenvalue weighted by Crippen LogP contribution is -2.42. The summed E-state index contributed by atoms with van der Waals surface area (Å²) in [5.74, 6) is -3.14. The van der Waals surface area contributed by atoms with Crippen molar-refractivity contribution in [3.05, 3.63) is 12.2 Å². The van der Waals surface area contributed by atoms with Crippen LogP contribution in [0, 0.1) is 0 Å². The minimum absolute atomic E-state index is 0.0163. The number of hydrogen-bond acceptors (Lipinski definition) is 8. The van der Waals surface area contributed by atoms with E-state index in [0.717, 1.165) is 17.1 Å². The van der Waals surface area contributed by atoms with Crippen LogP contribution < -0.4 is 5.32 Å². The standard InChI is InChI=1S/C18H23N3O8/c1-18(2,11-19-12(22)7-9-20-13(23)3-4-14(20)24)28-10-8-17(27)29-21-15(25)5-6-16(21)26/h3-4H,5-11H2,1-2H3,(H,19,22). The minimum Gasteiger partial charge on any atom is -0.373 e. The van der Waals surface area contributed by atoms with E-state index in [-0.39, 0.29) is 51.3 Å². The van der Waals surface area contributed by atoms with Crippen molar-refractivity contribution >= 4 is 35.5 Å². The second-order valence-electron chi connectivity index (χ2n) is 7.09. The van der Waals surface area contributed by atoms with E-state index in [9.17, 15) is 28.8 Å². The Morgan fingerprint density at radius 2 is 1.62 bits per heavy atom. The van der Waals surface area contributed by atoms with Gasteiger partial charge in [0.05, 0.1) is 18.6 Å². The zero-order valence-corrected chi connectivity index (χ0v) is 16.3. The molecule has 0 radical (unpaired) electrons. The van der Waals surface area contributed by atoms with Crippen molar-refractivity contribution in [1.82, 2.24) is 15.3 Å². The molecule has 0 aliphatic carbocycles. The molecule has 29 heavy (non-hydrogen) atoms. The molecule has 5 amide bonds. The molecule has 11 nitrogen and oxygen atoms in total. The number of ether oxygens (including phenoxy) is 1. The molecule has 0 aromatic heterocycles. The predicted octanol–water partition coefficient (Wildman–Crippen LogP) is -0.790. The molecule has 2 aliphatic heterocycles. The second kappa shape index (κ2) is 9.41. The zero-order chi connectivity index (χ0) is 21.6. The average Bonchev–Trinajstić information content (AvgIpc) is 3.14. The number of carbonyl (C=O) groups is 6. The summed E-state index contributed by atoms with van der Waals surface area (Å²) in [5, 5.41) is 3.11. The van der Waals surface area contributed by atoms with E-state index in [4.69, 9.17) is 9.57 Å². The average molecular weight is 409 g/mol. The largest absolute Gasteiger partial charge is 0.373 e. The Bertz CT molecular complexity index is 724. The van der Waals surface area contributed by atoms with Crippen LogP contribution >= 0.6 is 0 Å². The summed E-state index contributed by atoms with van der Waals surface area (Å²) in [5.41, 5.74) is -0.809. The van der Waals surface area contributed by atoms with E-state index >= 15 is 0 Å². The summed E-state index contributed by atoms with van der Waals surface area (Å²) in [6, 6.07) is 0. The third kappa shape index (κ3) is 6.49. The molecule has 2 aliphatic rings. The van der Waals surface area contributed by atoms with Crippen molar-refractivity contribution in [2.75, 3.05) is 19.7 Å². The van der Waals surface area contributed by atoms with E-state index in [1.165, 1.54) is 0 Å². The highest BCUT2D eigenvalue weighted by molar-refractivity contribution is 6.13. The Morgan fingerprint density at radius 3 is 2.21 bits per heavy atom. The van der Waals surface area contributed by atoms with Gasteiger partial charge in [-0.05, 0) is 13.8 Å². The molecular weight excluding hydrogens is 386 g/mol. The van der Waals surface area contributed by atoms with Crippen molar-refractivity contribution in [2.45, 2.75) is 45.1 Å². The third-order valence-electron chi connectivity index (χ3n) is 4.17. The monoisotopic (exact) mass is 409 g/mol. The molecule has 11 heteroatoms. The van der Waals surface area contributed by atoms with Crippen LogP contribution in [0.25, 0.3) is 0 Å². The topological polar surface area (TPSA) is 139 Å². The molecule has 158 valence electrons. The fraction of sp³-hybridized carbons (Fsp3) is 0.556. The Labute approximate surface area is 166 Å². The second-order valence-corrected chi connectivity index (χ2v) is 7.09. The summed E-state index contributed by atoms with van der Waals surface area (Å²) < 4.78 is 5.55. The van der Waals surface area contributed by atoms with E-state index in [1.54, 1.807) is 13.8 Å². The van der Waals surface area contributed by atoms with Gasteiger partial charge in [-0.3, -0.25) is 28.9 Å². The SMILES string of the molecule is CC(C)(CNC(=O)CCN1C(=O)C=CC1=O)OCCC(=O)ON1C(=O)CCC1=O. The number of imide groups is 2. The fourth-order valence-electron chi connectivity index (χ4n) is 2.53. The molecular formula is C18H23N3O8. The zero-order valence-electron chi connectivity index (χ0n) is 16.3. The van der Waals surface area contributed by atoms with E-state index in [2.05, 4.69) is 5.32 Å². The van der Waals surface area contributed by atoms with Crippen molar-refractivity contribution in [3.8, 4) is 0 Å². The highest BCUT2D eigenvalue weighted by atomic mass is 16.7. The summed E-state index contributed by atoms with van der Waals surface area (Å²) >= 11 is 0. The predicted molar refractivity (Wildman–Crippen MR) is 95.3 cm³/mol. The molecule has 0 aromatic rings. The van der Waals surface area contributed by atoms with Crippen LogP contribution in [0.5, 0.6) is 0 Å². The smallest absolute Gasteiger partial charge is 0.335 e. The normalized spacial score (nSPS) is 16.8. The molecule has 2 rings (SSSR count). The van der Waals surface area contributed by atoms with Gasteiger partial charge in [0.25, 0.3) is 23.6 Å². The maximum absolute atomic E-state index is 11.9. The molecule has 0 aromatic carbocycles. The third-order valence-corrected chi connectivity index (χ3v) is 4.17. The van der Waals surface area contributed by atoms with Gasteiger partial charge < -0.3 is 14.9 Å². The van der Waals surface area contributed by atoms with Crippen LogP contribution in [0.15, 0.2) is 12.2 Å². The molecule has 2 heterocycles. The van der Waals surface area contributed by atoms with E-state index < -0.39 is 35.2 Å². The molecule has 1 fully saturated rings. The van der Waals surface area contributed by atoms with Crippen molar-refractivity contribution in [3.63, 3.8) is 0 Å². The number of hydroxylamine groups is 2. The summed E-state index contributed by atoms with van der Waals surface area (Å²) in [4.78, 5) is 75.0. The van der Waals surface area contributed by atoms with Crippen LogP contribution in [0.3, 0.4) is 0 Å². The Hall–Kier alpha value is -3.08. The first-order chi connectivity index (χ1) is 13.6. The number of rotatable bonds is 10. The molecule has 0 atom stereocenters. The summed E-state index contributed by atoms with van der Waals surface area (Å²) in [6.07, 6.45) is 2.12. The van der Waals surface area contributed by atoms with Gasteiger partial charge in [-0.1, -0.05) is 0 Å². The quantitative estimate of drug-likeness (QED) is 0.463. The number of nitrogens with zero attached hydrogens (tertiary/aromatic N) is 2. The molecule has 0 spiro atoms. The van der Waals surface area contributed by atoms with Gasteiger partial charge in [0.15, 0.2) is 0 Å². The lowest BCUT2D eigenvalue weighted by Gasteiger charge is -2.26. The number of nitrogens with one attached hydrogen (secondary N) is 1. The van der Waals surface area contributed by atoms with E-state index in [0.29, 0.717) is 5.06 Å². The van der Waals surface area contributed by atoms with Gasteiger partial charge >= 0.3 is 5.97 Å². The highest BCUT2D eigenvalue weighted by Gasteiger charge is 2.33. The maximum atomic E-state index is 11.9. The summed E-state index contributed by atoms with van der Waals surface area (Å²) in [7, 11) is 0. The Kier molecular flexibility index (Phi) is 7.21. The van der Waals surface area contributed by atoms with Gasteiger partial charge in [0.1, 0.15) is 0 Å². The Balaban J connectivity index is 1.63. The lowest BCUT2D eigenvalue weighted by atomic mass is 10.1. The highest BCUT2D eigenvalue weighted by Crippen LogP contribution is 2.13. The first kappa shape index (κ1) is 22.2. The van der Waals surface area contributed by atoms with Crippen LogP contribution in [0.2, 0.25) is 0 Å². The van der Waals surface area contributed by atoms with Crippen molar-refractivity contribution in [1.29, 1.82) is 0 Å². The van der Waals surface area contributed by atoms with Gasteiger partial charge in [-0.15, -0.1) is 5.06 Å². The minimum atomic E-state index is -0.809. The van der Waals surface area contributed by atoms with Crippen molar-refractivity contribution < 1.29 is 38.3 Å². The van der Waals surface area contributed by atoms with Gasteiger partial charge in [0, 0.05) is 44.5 Å². The number of carbonyl (C=O) groups excluding carboxylic acids is 6. The molecule has 1 saturated heterocycles. The number of hydrogen-bond donors (Lipinski definition) is 1. The first-order valence-electron chi connectivity index (χ1n) is 9.10. The van der Waals surface area contributed by atoms with Gasteiger partial charge in [-0.25, -0.2) is 4.79 Å². The van der Waals surface area contributed by atoms with Crippen LogP contribution in [-0.4, -0.2) is 70.8 Å². The van der Waals surface area contributed by atoms with Gasteiger partial charge in [-0.2, -0.15) is 0 Å². The number of amides is 5. The molecule has 0 saturated carbocycles. The molecule has 0 bridgehead atoms. The maximum Gasteiger partial charge on any atom is 0.335 e. The molecule has 0 unspecified atom stereocenters. The Morgan fingerprint density at radius 1 is 1.03 bits per heavy atom. The first-order valence-corrected chi connectivity index (χ1v) is 9.10. The van der Waals surface area contributed by atoms with Crippen LogP contribution in [0.4, 0.5) is 0 Å².